The first kappa shape index (κ1) is 11.4. The molecule has 0 spiro atoms. The molecule has 2 N–H and O–H groups in total. The van der Waals surface area contributed by atoms with E-state index in [4.69, 9.17) is 5.14 Å². The van der Waals surface area contributed by atoms with Crippen LogP contribution in [0.4, 0.5) is 0 Å². The molecule has 0 saturated carbocycles. The third kappa shape index (κ3) is 3.53. The normalized spacial score (nSPS) is 10.3. The van der Waals surface area contributed by atoms with E-state index in [9.17, 15) is 8.42 Å². The van der Waals surface area contributed by atoms with Crippen molar-refractivity contribution in [3.63, 3.8) is 0 Å². The number of hydrogen-bond donors (Lipinski definition) is 1. The zero-order valence-electron chi connectivity index (χ0n) is 5.19. The van der Waals surface area contributed by atoms with Crippen LogP contribution < -0.4 is 5.14 Å². The molecule has 1 rings (SSSR count). The molecule has 11 heavy (non-hydrogen) atoms. The summed E-state index contributed by atoms with van der Waals surface area (Å²) < 4.78 is 21.2. The molecule has 0 amide bonds. The van der Waals surface area contributed by atoms with Crippen LogP contribution in [0.25, 0.3) is 0 Å². The molecule has 0 radical (unpaired) electrons. The van der Waals surface area contributed by atoms with E-state index in [-0.39, 0.29) is 42.6 Å². The Hall–Kier alpha value is 0.390. The Balaban J connectivity index is 0.000001000. The van der Waals surface area contributed by atoms with Gasteiger partial charge in [0.05, 0.1) is 4.90 Å². The number of sulfonamides is 1. The molecular weight excluding hydrogens is 190 g/mol. The van der Waals surface area contributed by atoms with Crippen LogP contribution in [0.3, 0.4) is 0 Å². The van der Waals surface area contributed by atoms with Crippen LogP contribution in [0.15, 0.2) is 35.2 Å². The minimum atomic E-state index is -3.50. The van der Waals surface area contributed by atoms with Crippen molar-refractivity contribution in [2.75, 3.05) is 0 Å². The van der Waals surface area contributed by atoms with Crippen molar-refractivity contribution < 1.29 is 8.42 Å². The van der Waals surface area contributed by atoms with E-state index < -0.39 is 10.0 Å². The molecule has 0 saturated heterocycles. The second kappa shape index (κ2) is 4.42. The average molecular weight is 199 g/mol. The molecule has 5 heteroatoms. The number of benzene rings is 1. The van der Waals surface area contributed by atoms with Crippen molar-refractivity contribution in [1.82, 2.24) is 0 Å². The van der Waals surface area contributed by atoms with E-state index in [0.29, 0.717) is 0 Å². The molecule has 0 aliphatic carbocycles. The van der Waals surface area contributed by atoms with Gasteiger partial charge in [-0.05, 0) is 12.1 Å². The fourth-order valence-electron chi connectivity index (χ4n) is 0.610. The van der Waals surface area contributed by atoms with E-state index in [1.54, 1.807) is 18.2 Å². The van der Waals surface area contributed by atoms with Gasteiger partial charge in [-0.25, -0.2) is 13.6 Å². The fourth-order valence-corrected chi connectivity index (χ4v) is 1.15. The summed E-state index contributed by atoms with van der Waals surface area (Å²) in [7, 11) is -3.50. The van der Waals surface area contributed by atoms with Crippen molar-refractivity contribution in [2.45, 2.75) is 4.90 Å². The molecule has 0 aromatic heterocycles. The van der Waals surface area contributed by atoms with Crippen LogP contribution in [0.2, 0.25) is 0 Å². The molecule has 0 bridgehead atoms. The molecule has 3 nitrogen and oxygen atoms in total. The topological polar surface area (TPSA) is 60.2 Å². The van der Waals surface area contributed by atoms with Crippen LogP contribution in [0.5, 0.6) is 0 Å². The first-order valence-electron chi connectivity index (χ1n) is 2.68. The summed E-state index contributed by atoms with van der Waals surface area (Å²) in [6.07, 6.45) is 0. The van der Waals surface area contributed by atoms with Crippen LogP contribution in [-0.4, -0.2) is 46.2 Å². The number of primary sulfonamides is 1. The Kier molecular flexibility index (Phi) is 4.58. The predicted octanol–water partition coefficient (Wildman–Crippen LogP) is -0.582. The molecular formula is C6H9CaNO2S. The molecule has 1 aromatic carbocycles. The molecule has 0 fully saturated rings. The Morgan fingerprint density at radius 1 is 1.09 bits per heavy atom. The summed E-state index contributed by atoms with van der Waals surface area (Å²) in [5.41, 5.74) is 0. The first-order chi connectivity index (χ1) is 4.61. The van der Waals surface area contributed by atoms with Gasteiger partial charge < -0.3 is 0 Å². The summed E-state index contributed by atoms with van der Waals surface area (Å²) in [5, 5.41) is 4.83. The molecule has 0 aliphatic rings. The molecule has 0 aliphatic heterocycles. The van der Waals surface area contributed by atoms with Gasteiger partial charge in [-0.1, -0.05) is 18.2 Å². The summed E-state index contributed by atoms with van der Waals surface area (Å²) >= 11 is 0. The van der Waals surface area contributed by atoms with Gasteiger partial charge in [-0.3, -0.25) is 0 Å². The van der Waals surface area contributed by atoms with Gasteiger partial charge in [0.25, 0.3) is 0 Å². The Labute approximate surface area is 95.6 Å². The standard InChI is InChI=1S/C6H7NO2S.Ca.2H/c7-10(8,9)6-4-2-1-3-5-6;;;/h1-5H,(H2,7,8,9);;;. The van der Waals surface area contributed by atoms with Gasteiger partial charge in [0.15, 0.2) is 0 Å². The number of hydrogen-bond acceptors (Lipinski definition) is 2. The van der Waals surface area contributed by atoms with Gasteiger partial charge in [-0.15, -0.1) is 0 Å². The van der Waals surface area contributed by atoms with Crippen LogP contribution in [0, 0.1) is 0 Å². The summed E-state index contributed by atoms with van der Waals surface area (Å²) in [6, 6.07) is 7.89. The van der Waals surface area contributed by atoms with Gasteiger partial charge in [0.2, 0.25) is 10.0 Å². The fraction of sp³-hybridized carbons (Fsp3) is 0. The second-order valence-electron chi connectivity index (χ2n) is 1.86. The monoisotopic (exact) mass is 199 g/mol. The number of rotatable bonds is 1. The molecule has 1 aromatic rings. The molecule has 0 atom stereocenters. The summed E-state index contributed by atoms with van der Waals surface area (Å²) in [6.45, 7) is 0. The maximum absolute atomic E-state index is 10.6. The van der Waals surface area contributed by atoms with Crippen LogP contribution in [0.1, 0.15) is 0 Å². The van der Waals surface area contributed by atoms with E-state index in [2.05, 4.69) is 0 Å². The Morgan fingerprint density at radius 2 is 1.55 bits per heavy atom. The van der Waals surface area contributed by atoms with Crippen molar-refractivity contribution in [2.24, 2.45) is 5.14 Å². The summed E-state index contributed by atoms with van der Waals surface area (Å²) in [4.78, 5) is 0.148. The van der Waals surface area contributed by atoms with E-state index in [0.717, 1.165) is 0 Å². The number of nitrogens with two attached hydrogens (primary N) is 1. The summed E-state index contributed by atoms with van der Waals surface area (Å²) in [5.74, 6) is 0. The van der Waals surface area contributed by atoms with Gasteiger partial charge in [0, 0.05) is 0 Å². The quantitative estimate of drug-likeness (QED) is 0.615. The van der Waals surface area contributed by atoms with Crippen LogP contribution in [-0.2, 0) is 10.0 Å². The van der Waals surface area contributed by atoms with Gasteiger partial charge in [-0.2, -0.15) is 0 Å². The van der Waals surface area contributed by atoms with E-state index in [1.807, 2.05) is 0 Å². The zero-order chi connectivity index (χ0) is 7.61. The average Bonchev–Trinajstić information content (AvgIpc) is 1.88. The van der Waals surface area contributed by atoms with Gasteiger partial charge >= 0.3 is 37.7 Å². The molecule has 0 heterocycles. The second-order valence-corrected chi connectivity index (χ2v) is 3.42. The predicted molar refractivity (Wildman–Crippen MR) is 46.4 cm³/mol. The minimum absolute atomic E-state index is 0. The van der Waals surface area contributed by atoms with Crippen molar-refractivity contribution in [3.8, 4) is 0 Å². The van der Waals surface area contributed by atoms with Crippen molar-refractivity contribution in [3.05, 3.63) is 30.3 Å². The third-order valence-corrected chi connectivity index (χ3v) is 2.00. The Morgan fingerprint density at radius 3 is 1.82 bits per heavy atom. The Bertz CT molecular complexity index is 309. The maximum atomic E-state index is 10.6. The zero-order valence-corrected chi connectivity index (χ0v) is 6.01. The molecule has 0 unspecified atom stereocenters. The van der Waals surface area contributed by atoms with Crippen molar-refractivity contribution in [1.29, 1.82) is 0 Å². The molecule has 58 valence electrons. The first-order valence-corrected chi connectivity index (χ1v) is 4.23. The third-order valence-electron chi connectivity index (χ3n) is 1.07. The van der Waals surface area contributed by atoms with Crippen molar-refractivity contribution >= 4 is 47.8 Å². The van der Waals surface area contributed by atoms with Gasteiger partial charge in [0.1, 0.15) is 0 Å². The van der Waals surface area contributed by atoms with E-state index >= 15 is 0 Å². The van der Waals surface area contributed by atoms with E-state index in [1.165, 1.54) is 12.1 Å². The SMILES string of the molecule is NS(=O)(=O)c1ccccc1.[CaH2]. The van der Waals surface area contributed by atoms with Crippen LogP contribution >= 0.6 is 0 Å².